The van der Waals surface area contributed by atoms with Gasteiger partial charge in [0.1, 0.15) is 12.4 Å². The number of nitrogens with zero attached hydrogens (tertiary/aromatic N) is 2. The molecule has 6 rings (SSSR count). The SMILES string of the molecule is O=C1NC(=O)C2=C1/C=c1\cccc\c1=N/C1=C(C1)OC/C=C/n1cc2c2ccccc21. The molecule has 2 bridgehead atoms. The number of allylic oxidation sites excluding steroid dienone is 2. The van der Waals surface area contributed by atoms with Crippen LogP contribution in [-0.4, -0.2) is 23.0 Å². The van der Waals surface area contributed by atoms with Gasteiger partial charge in [0.15, 0.2) is 0 Å². The lowest BCUT2D eigenvalue weighted by molar-refractivity contribution is -0.123. The second-order valence-electron chi connectivity index (χ2n) is 7.60. The summed E-state index contributed by atoms with van der Waals surface area (Å²) in [6.45, 7) is 0.427. The van der Waals surface area contributed by atoms with Crippen LogP contribution in [0.2, 0.25) is 0 Å². The van der Waals surface area contributed by atoms with Gasteiger partial charge in [0.05, 0.1) is 34.1 Å². The van der Waals surface area contributed by atoms with E-state index in [1.807, 2.05) is 71.6 Å². The van der Waals surface area contributed by atoms with Crippen LogP contribution in [0.5, 0.6) is 0 Å². The van der Waals surface area contributed by atoms with Crippen LogP contribution in [0.15, 0.2) is 82.8 Å². The molecule has 2 aliphatic heterocycles. The maximum absolute atomic E-state index is 12.8. The van der Waals surface area contributed by atoms with Gasteiger partial charge in [-0.25, -0.2) is 4.99 Å². The fourth-order valence-electron chi connectivity index (χ4n) is 4.06. The highest BCUT2D eigenvalue weighted by Crippen LogP contribution is 2.34. The molecule has 0 spiro atoms. The molecule has 6 heteroatoms. The molecule has 6 nitrogen and oxygen atoms in total. The highest BCUT2D eigenvalue weighted by Gasteiger charge is 2.31. The van der Waals surface area contributed by atoms with Gasteiger partial charge in [-0.2, -0.15) is 0 Å². The molecule has 0 fully saturated rings. The van der Waals surface area contributed by atoms with Gasteiger partial charge < -0.3 is 9.30 Å². The maximum atomic E-state index is 12.8. The fraction of sp³-hybridized carbons (Fsp3) is 0.0800. The van der Waals surface area contributed by atoms with Crippen molar-refractivity contribution in [2.45, 2.75) is 6.42 Å². The van der Waals surface area contributed by atoms with Crippen molar-refractivity contribution in [2.75, 3.05) is 6.61 Å². The van der Waals surface area contributed by atoms with Gasteiger partial charge in [-0.05, 0) is 24.3 Å². The van der Waals surface area contributed by atoms with Crippen molar-refractivity contribution in [1.29, 1.82) is 0 Å². The van der Waals surface area contributed by atoms with Crippen LogP contribution in [0.1, 0.15) is 12.0 Å². The third-order valence-corrected chi connectivity index (χ3v) is 5.61. The quantitative estimate of drug-likeness (QED) is 0.581. The lowest BCUT2D eigenvalue weighted by atomic mass is 10.00. The van der Waals surface area contributed by atoms with Crippen LogP contribution in [-0.2, 0) is 14.3 Å². The molecule has 0 radical (unpaired) electrons. The van der Waals surface area contributed by atoms with E-state index in [4.69, 9.17) is 9.73 Å². The fourth-order valence-corrected chi connectivity index (χ4v) is 4.06. The number of ether oxygens (including phenoxy) is 1. The summed E-state index contributed by atoms with van der Waals surface area (Å²) in [7, 11) is 0. The molecule has 1 N–H and O–H groups in total. The lowest BCUT2D eigenvalue weighted by Gasteiger charge is -2.00. The third-order valence-electron chi connectivity index (χ3n) is 5.61. The third kappa shape index (κ3) is 2.92. The Bertz CT molecular complexity index is 1520. The average molecular weight is 407 g/mol. The van der Waals surface area contributed by atoms with Crippen LogP contribution < -0.4 is 15.9 Å². The summed E-state index contributed by atoms with van der Waals surface area (Å²) in [5.74, 6) is 0.0830. The summed E-state index contributed by atoms with van der Waals surface area (Å²) in [5, 5.41) is 4.87. The smallest absolute Gasteiger partial charge is 0.259 e. The Balaban J connectivity index is 1.71. The van der Waals surface area contributed by atoms with E-state index >= 15 is 0 Å². The number of nitrogens with one attached hydrogen (secondary N) is 1. The summed E-state index contributed by atoms with van der Waals surface area (Å²) in [4.78, 5) is 30.3. The largest absolute Gasteiger partial charge is 0.491 e. The Morgan fingerprint density at radius 3 is 2.77 bits per heavy atom. The van der Waals surface area contributed by atoms with E-state index in [-0.39, 0.29) is 0 Å². The van der Waals surface area contributed by atoms with Crippen molar-refractivity contribution >= 4 is 40.6 Å². The molecule has 1 aliphatic carbocycles. The van der Waals surface area contributed by atoms with Gasteiger partial charge in [0, 0.05) is 28.6 Å². The topological polar surface area (TPSA) is 72.7 Å². The molecule has 2 aromatic carbocycles. The van der Waals surface area contributed by atoms with Gasteiger partial charge in [0.25, 0.3) is 11.8 Å². The first-order valence-electron chi connectivity index (χ1n) is 10.1. The van der Waals surface area contributed by atoms with Crippen LogP contribution in [0.3, 0.4) is 0 Å². The number of hydrogen-bond acceptors (Lipinski definition) is 4. The standard InChI is InChI=1S/C25H17N3O3/c29-24-17-12-15-6-1-3-8-19(15)26-20-13-22(20)31-11-5-10-28-14-18(23(17)25(30)27-24)16-7-2-4-9-21(16)28/h1-10,12,14H,11,13H2,(H,27,29,30)/b10-5+,15-12+,26-19+. The first-order chi connectivity index (χ1) is 15.2. The number of carbonyl (C=O) groups is 2. The summed E-state index contributed by atoms with van der Waals surface area (Å²) in [5.41, 5.74) is 3.28. The zero-order valence-electron chi connectivity index (χ0n) is 16.5. The van der Waals surface area contributed by atoms with Gasteiger partial charge in [-0.3, -0.25) is 14.9 Å². The lowest BCUT2D eigenvalue weighted by Crippen LogP contribution is -2.26. The second-order valence-corrected chi connectivity index (χ2v) is 7.60. The van der Waals surface area contributed by atoms with Crippen LogP contribution in [0.4, 0.5) is 0 Å². The van der Waals surface area contributed by atoms with E-state index in [0.717, 1.165) is 32.9 Å². The molecular formula is C25H17N3O3. The number of para-hydroxylation sites is 2. The van der Waals surface area contributed by atoms with Crippen molar-refractivity contribution in [2.24, 2.45) is 4.99 Å². The number of benzene rings is 2. The van der Waals surface area contributed by atoms with Crippen molar-refractivity contribution in [3.05, 3.63) is 94.0 Å². The Morgan fingerprint density at radius 2 is 1.84 bits per heavy atom. The molecule has 150 valence electrons. The van der Waals surface area contributed by atoms with Crippen molar-refractivity contribution in [3.63, 3.8) is 0 Å². The predicted octanol–water partition coefficient (Wildman–Crippen LogP) is 2.27. The predicted molar refractivity (Wildman–Crippen MR) is 117 cm³/mol. The minimum absolute atomic E-state index is 0.343. The van der Waals surface area contributed by atoms with Gasteiger partial charge >= 0.3 is 0 Å². The zero-order valence-corrected chi connectivity index (χ0v) is 16.5. The first-order valence-corrected chi connectivity index (χ1v) is 10.1. The molecule has 31 heavy (non-hydrogen) atoms. The first kappa shape index (κ1) is 17.7. The van der Waals surface area contributed by atoms with Gasteiger partial charge in [-0.15, -0.1) is 0 Å². The normalized spacial score (nSPS) is 20.8. The number of rotatable bonds is 0. The average Bonchev–Trinajstić information content (AvgIpc) is 3.32. The number of aromatic nitrogens is 1. The van der Waals surface area contributed by atoms with Crippen molar-refractivity contribution in [1.82, 2.24) is 9.88 Å². The van der Waals surface area contributed by atoms with Gasteiger partial charge in [0.2, 0.25) is 0 Å². The van der Waals surface area contributed by atoms with Crippen LogP contribution >= 0.6 is 0 Å². The number of amides is 2. The number of fused-ring (bicyclic) bond motifs is 7. The highest BCUT2D eigenvalue weighted by molar-refractivity contribution is 6.40. The molecule has 0 atom stereocenters. The number of hydrogen-bond donors (Lipinski definition) is 1. The molecule has 0 saturated carbocycles. The Kier molecular flexibility index (Phi) is 3.80. The molecule has 3 aromatic rings. The maximum Gasteiger partial charge on any atom is 0.259 e. The zero-order chi connectivity index (χ0) is 20.9. The summed E-state index contributed by atoms with van der Waals surface area (Å²) in [6.07, 6.45) is 8.19. The van der Waals surface area contributed by atoms with Gasteiger partial charge in [-0.1, -0.05) is 36.4 Å². The minimum atomic E-state index is -0.402. The molecule has 0 saturated heterocycles. The number of carbonyl (C=O) groups excluding carboxylic acids is 2. The summed E-state index contributed by atoms with van der Waals surface area (Å²) < 4.78 is 7.78. The summed E-state index contributed by atoms with van der Waals surface area (Å²) in [6, 6.07) is 15.4. The van der Waals surface area contributed by atoms with E-state index in [1.54, 1.807) is 6.08 Å². The summed E-state index contributed by atoms with van der Waals surface area (Å²) >= 11 is 0. The van der Waals surface area contributed by atoms with E-state index in [0.29, 0.717) is 29.7 Å². The molecule has 3 heterocycles. The number of imide groups is 1. The van der Waals surface area contributed by atoms with E-state index in [1.165, 1.54) is 0 Å². The Labute approximate surface area is 177 Å². The van der Waals surface area contributed by atoms with Crippen molar-refractivity contribution < 1.29 is 14.3 Å². The highest BCUT2D eigenvalue weighted by atomic mass is 16.5. The monoisotopic (exact) mass is 407 g/mol. The Hall–Kier alpha value is -4.19. The molecule has 3 aliphatic rings. The molecule has 0 unspecified atom stereocenters. The van der Waals surface area contributed by atoms with E-state index in [2.05, 4.69) is 5.32 Å². The van der Waals surface area contributed by atoms with Crippen LogP contribution in [0.25, 0.3) is 28.8 Å². The second kappa shape index (κ2) is 6.67. The molecular weight excluding hydrogens is 390 g/mol. The molecule has 2 amide bonds. The van der Waals surface area contributed by atoms with Crippen molar-refractivity contribution in [3.8, 4) is 0 Å². The minimum Gasteiger partial charge on any atom is -0.491 e. The van der Waals surface area contributed by atoms with Crippen LogP contribution in [0, 0.1) is 0 Å². The Morgan fingerprint density at radius 1 is 1.00 bits per heavy atom. The van der Waals surface area contributed by atoms with E-state index in [9.17, 15) is 9.59 Å². The van der Waals surface area contributed by atoms with E-state index < -0.39 is 11.8 Å². The molecule has 1 aromatic heterocycles.